The molecule has 5 rings (SSSR count). The smallest absolute Gasteiger partial charge is 0.252 e. The minimum absolute atomic E-state index is 0.000760. The minimum Gasteiger partial charge on any atom is -0.543 e. The predicted octanol–water partition coefficient (Wildman–Crippen LogP) is 7.03. The van der Waals surface area contributed by atoms with Crippen LogP contribution in [0, 0.1) is 22.7 Å². The molecule has 4 atom stereocenters. The maximum atomic E-state index is 12.8. The number of carbonyl (C=O) groups is 1. The Bertz CT molecular complexity index is 1080. The second-order valence-electron chi connectivity index (χ2n) is 13.8. The van der Waals surface area contributed by atoms with Gasteiger partial charge in [0.1, 0.15) is 17.1 Å². The van der Waals surface area contributed by atoms with Crippen LogP contribution >= 0.6 is 0 Å². The highest BCUT2D eigenvalue weighted by molar-refractivity contribution is 6.74. The zero-order valence-electron chi connectivity index (χ0n) is 22.6. The number of ether oxygens (including phenoxy) is 1. The molecule has 1 spiro atoms. The van der Waals surface area contributed by atoms with Gasteiger partial charge >= 0.3 is 0 Å². The third-order valence-electron chi connectivity index (χ3n) is 10.5. The molecular formula is C29H43NO3Si. The van der Waals surface area contributed by atoms with Crippen molar-refractivity contribution in [2.45, 2.75) is 104 Å². The van der Waals surface area contributed by atoms with Gasteiger partial charge in [-0.2, -0.15) is 0 Å². The minimum atomic E-state index is -2.10. The van der Waals surface area contributed by atoms with Gasteiger partial charge in [0.2, 0.25) is 8.32 Å². The average molecular weight is 482 g/mol. The topological polar surface area (TPSA) is 47.6 Å². The van der Waals surface area contributed by atoms with Gasteiger partial charge in [0.05, 0.1) is 5.56 Å². The van der Waals surface area contributed by atoms with Crippen LogP contribution in [0.15, 0.2) is 18.2 Å². The van der Waals surface area contributed by atoms with E-state index in [-0.39, 0.29) is 27.4 Å². The first-order valence-corrected chi connectivity index (χ1v) is 16.1. The lowest BCUT2D eigenvalue weighted by atomic mass is 9.45. The molecule has 0 radical (unpaired) electrons. The zero-order valence-corrected chi connectivity index (χ0v) is 23.6. The van der Waals surface area contributed by atoms with Crippen molar-refractivity contribution < 1.29 is 14.0 Å². The van der Waals surface area contributed by atoms with Crippen LogP contribution in [0.3, 0.4) is 0 Å². The van der Waals surface area contributed by atoms with E-state index in [2.05, 4.69) is 79.0 Å². The molecule has 0 unspecified atom stereocenters. The molecule has 2 aliphatic heterocycles. The van der Waals surface area contributed by atoms with Gasteiger partial charge < -0.3 is 14.5 Å². The molecule has 34 heavy (non-hydrogen) atoms. The second-order valence-corrected chi connectivity index (χ2v) is 18.5. The van der Waals surface area contributed by atoms with Gasteiger partial charge in [-0.3, -0.25) is 4.79 Å². The summed E-state index contributed by atoms with van der Waals surface area (Å²) in [7, 11) is -2.10. The summed E-state index contributed by atoms with van der Waals surface area (Å²) in [6.45, 7) is 21.5. The lowest BCUT2D eigenvalue weighted by Gasteiger charge is -2.65. The number of rotatable bonds is 2. The fourth-order valence-corrected chi connectivity index (χ4v) is 8.10. The Balaban J connectivity index is 1.72. The maximum Gasteiger partial charge on any atom is 0.252 e. The van der Waals surface area contributed by atoms with Crippen molar-refractivity contribution in [1.82, 2.24) is 5.32 Å². The van der Waals surface area contributed by atoms with Gasteiger partial charge in [0.25, 0.3) is 5.91 Å². The lowest BCUT2D eigenvalue weighted by Crippen LogP contribution is -2.67. The van der Waals surface area contributed by atoms with Crippen molar-refractivity contribution >= 4 is 14.2 Å². The van der Waals surface area contributed by atoms with E-state index >= 15 is 0 Å². The van der Waals surface area contributed by atoms with Gasteiger partial charge in [-0.1, -0.05) is 60.6 Å². The van der Waals surface area contributed by atoms with Crippen LogP contribution in [-0.2, 0) is 13.0 Å². The molecule has 0 saturated heterocycles. The molecule has 1 aromatic rings. The summed E-state index contributed by atoms with van der Waals surface area (Å²) in [4.78, 5) is 12.8. The number of nitrogens with one attached hydrogen (secondary N) is 1. The molecule has 4 nitrogen and oxygen atoms in total. The van der Waals surface area contributed by atoms with Crippen LogP contribution < -0.4 is 14.5 Å². The van der Waals surface area contributed by atoms with Crippen LogP contribution in [0.25, 0.3) is 0 Å². The number of hydrogen-bond donors (Lipinski definition) is 1. The number of hydrogen-bond acceptors (Lipinski definition) is 3. The molecule has 1 saturated carbocycles. The highest BCUT2D eigenvalue weighted by Gasteiger charge is 2.65. The molecule has 1 fully saturated rings. The zero-order chi connectivity index (χ0) is 24.9. The molecule has 1 aromatic carbocycles. The van der Waals surface area contributed by atoms with Crippen molar-refractivity contribution in [3.63, 3.8) is 0 Å². The Morgan fingerprint density at radius 1 is 1.15 bits per heavy atom. The number of carbonyl (C=O) groups excluding carboxylic acids is 1. The van der Waals surface area contributed by atoms with Crippen LogP contribution in [0.1, 0.15) is 89.2 Å². The van der Waals surface area contributed by atoms with E-state index in [0.29, 0.717) is 18.4 Å². The predicted molar refractivity (Wildman–Crippen MR) is 140 cm³/mol. The summed E-state index contributed by atoms with van der Waals surface area (Å²) in [6, 6.07) is 2.03. The quantitative estimate of drug-likeness (QED) is 0.364. The van der Waals surface area contributed by atoms with Crippen molar-refractivity contribution in [3.8, 4) is 11.5 Å². The number of allylic oxidation sites excluding steroid dienone is 1. The third-order valence-corrected chi connectivity index (χ3v) is 14.8. The summed E-state index contributed by atoms with van der Waals surface area (Å²) >= 11 is 0. The molecule has 2 heterocycles. The molecular weight excluding hydrogens is 438 g/mol. The summed E-state index contributed by atoms with van der Waals surface area (Å²) in [6.07, 6.45) is 9.05. The number of benzene rings is 1. The van der Waals surface area contributed by atoms with E-state index in [1.165, 1.54) is 18.4 Å². The van der Waals surface area contributed by atoms with E-state index < -0.39 is 8.32 Å². The summed E-state index contributed by atoms with van der Waals surface area (Å²) in [5.74, 6) is 2.81. The molecule has 1 amide bonds. The van der Waals surface area contributed by atoms with Crippen molar-refractivity contribution in [2.24, 2.45) is 22.7 Å². The van der Waals surface area contributed by atoms with Crippen LogP contribution in [-0.4, -0.2) is 19.8 Å². The highest BCUT2D eigenvalue weighted by atomic mass is 28.4. The largest absolute Gasteiger partial charge is 0.543 e. The van der Waals surface area contributed by atoms with E-state index in [4.69, 9.17) is 9.16 Å². The number of amides is 1. The Morgan fingerprint density at radius 2 is 1.85 bits per heavy atom. The Morgan fingerprint density at radius 3 is 2.53 bits per heavy atom. The SMILES string of the molecule is C[C@H]1CC[C@H]2C(C)(C)C=CC[C@]23Oc2c(c(O[Si](C)(C)C(C)(C)C)cc4c2CNC4=O)C[C@]13C. The van der Waals surface area contributed by atoms with Gasteiger partial charge in [-0.05, 0) is 54.8 Å². The first-order valence-electron chi connectivity index (χ1n) is 13.2. The van der Waals surface area contributed by atoms with Gasteiger partial charge in [0, 0.05) is 35.4 Å². The fourth-order valence-electron chi connectivity index (χ4n) is 7.06. The van der Waals surface area contributed by atoms with Crippen LogP contribution in [0.5, 0.6) is 11.5 Å². The van der Waals surface area contributed by atoms with E-state index in [1.807, 2.05) is 6.07 Å². The van der Waals surface area contributed by atoms with E-state index in [1.54, 1.807) is 0 Å². The summed E-state index contributed by atoms with van der Waals surface area (Å²) < 4.78 is 14.3. The summed E-state index contributed by atoms with van der Waals surface area (Å²) in [5, 5.41) is 3.13. The molecule has 4 aliphatic rings. The molecule has 2 aliphatic carbocycles. The van der Waals surface area contributed by atoms with Crippen molar-refractivity contribution in [1.29, 1.82) is 0 Å². The molecule has 186 valence electrons. The van der Waals surface area contributed by atoms with Gasteiger partial charge in [0.15, 0.2) is 0 Å². The monoisotopic (exact) mass is 481 g/mol. The normalized spacial score (nSPS) is 33.7. The number of fused-ring (bicyclic) bond motifs is 3. The molecule has 0 bridgehead atoms. The lowest BCUT2D eigenvalue weighted by molar-refractivity contribution is -0.186. The Kier molecular flexibility index (Phi) is 5.04. The average Bonchev–Trinajstić information content (AvgIpc) is 3.07. The van der Waals surface area contributed by atoms with Gasteiger partial charge in [-0.25, -0.2) is 0 Å². The second kappa shape index (κ2) is 7.15. The van der Waals surface area contributed by atoms with Gasteiger partial charge in [-0.15, -0.1) is 0 Å². The molecule has 1 N–H and O–H groups in total. The van der Waals surface area contributed by atoms with E-state index in [9.17, 15) is 4.79 Å². The van der Waals surface area contributed by atoms with Crippen LogP contribution in [0.4, 0.5) is 0 Å². The standard InChI is InChI=1S/C29H43NO3Si/c1-18-11-12-23-27(5,6)13-10-14-29(23)28(18,7)16-20-22(33-34(8,9)26(2,3)4)15-19-21(24(20)32-29)17-30-25(19)31/h10,13,15,18,23H,11-12,14,16-17H2,1-9H3,(H,30,31)/t18-,23-,28+,29-/m0/s1. The Labute approximate surface area is 207 Å². The Hall–Kier alpha value is -1.75. The maximum absolute atomic E-state index is 12.8. The third kappa shape index (κ3) is 3.11. The molecule has 5 heteroatoms. The van der Waals surface area contributed by atoms with Crippen molar-refractivity contribution in [3.05, 3.63) is 34.9 Å². The van der Waals surface area contributed by atoms with Crippen molar-refractivity contribution in [2.75, 3.05) is 0 Å². The molecule has 0 aromatic heterocycles. The first-order chi connectivity index (χ1) is 15.6. The van der Waals surface area contributed by atoms with Crippen LogP contribution in [0.2, 0.25) is 18.1 Å². The summed E-state index contributed by atoms with van der Waals surface area (Å²) in [5.41, 5.74) is 2.78. The highest BCUT2D eigenvalue weighted by Crippen LogP contribution is 2.65. The van der Waals surface area contributed by atoms with E-state index in [0.717, 1.165) is 35.5 Å². The fraction of sp³-hybridized carbons (Fsp3) is 0.690. The first kappa shape index (κ1) is 24.0.